The Hall–Kier alpha value is -3.03. The third-order valence-corrected chi connectivity index (χ3v) is 3.09. The number of rotatable bonds is 4. The van der Waals surface area contributed by atoms with Crippen LogP contribution in [0.4, 0.5) is 0 Å². The summed E-state index contributed by atoms with van der Waals surface area (Å²) in [7, 11) is 1.51. The molecule has 0 aliphatic carbocycles. The molecule has 0 saturated heterocycles. The lowest BCUT2D eigenvalue weighted by molar-refractivity contribution is 0.302. The van der Waals surface area contributed by atoms with Gasteiger partial charge in [-0.1, -0.05) is 18.2 Å². The first-order valence-corrected chi connectivity index (χ1v) is 6.54. The van der Waals surface area contributed by atoms with E-state index in [9.17, 15) is 4.79 Å². The summed E-state index contributed by atoms with van der Waals surface area (Å²) < 4.78 is 15.5. The second-order valence-corrected chi connectivity index (χ2v) is 4.65. The Labute approximate surface area is 127 Å². The van der Waals surface area contributed by atoms with Crippen LogP contribution in [0.3, 0.4) is 0 Å². The van der Waals surface area contributed by atoms with Gasteiger partial charge in [-0.2, -0.15) is 4.68 Å². The number of tetrazole rings is 1. The first-order chi connectivity index (χ1) is 11.1. The van der Waals surface area contributed by atoms with Crippen molar-refractivity contribution in [2.24, 2.45) is 7.05 Å². The van der Waals surface area contributed by atoms with Crippen LogP contribution in [-0.2, 0) is 13.7 Å². The van der Waals surface area contributed by atoms with Gasteiger partial charge >= 0.3 is 5.69 Å². The van der Waals surface area contributed by atoms with E-state index >= 15 is 0 Å². The number of ether oxygens (including phenoxy) is 1. The molecule has 112 valence electrons. The van der Waals surface area contributed by atoms with Crippen LogP contribution in [-0.4, -0.2) is 29.8 Å². The molecule has 2 aromatic heterocycles. The quantitative estimate of drug-likeness (QED) is 0.703. The molecule has 0 amide bonds. The molecule has 8 heteroatoms. The number of para-hydroxylation sites is 1. The second-order valence-electron chi connectivity index (χ2n) is 4.65. The number of aromatic nitrogens is 6. The Kier molecular flexibility index (Phi) is 3.32. The topological polar surface area (TPSA) is 87.7 Å². The summed E-state index contributed by atoms with van der Waals surface area (Å²) in [5.41, 5.74) is 1.05. The lowest BCUT2D eigenvalue weighted by atomic mass is 10.2. The van der Waals surface area contributed by atoms with E-state index in [0.29, 0.717) is 23.2 Å². The average Bonchev–Trinajstić information content (AvgIpc) is 2.86. The van der Waals surface area contributed by atoms with Gasteiger partial charge in [0.2, 0.25) is 0 Å². The van der Waals surface area contributed by atoms with Gasteiger partial charge in [-0.3, -0.25) is 0 Å². The predicted molar refractivity (Wildman–Crippen MR) is 77.7 cm³/mol. The van der Waals surface area contributed by atoms with Crippen LogP contribution < -0.4 is 10.4 Å². The number of benzene rings is 1. The molecule has 3 aromatic rings. The molecule has 8 nitrogen and oxygen atoms in total. The Morgan fingerprint density at radius 2 is 2.23 bits per heavy atom. The van der Waals surface area contributed by atoms with Crippen LogP contribution in [0, 0.1) is 6.92 Å². The van der Waals surface area contributed by atoms with Gasteiger partial charge in [0.25, 0.3) is 0 Å². The standard InChI is InChI=1S/C14H14N6O2/c1-10-5-3-4-6-12(10)22-8-11-7-15-9-16-13(11)20-14(21)19(2)17-18-20/h3-7,9H,8H2,1-2H3/i3T. The number of hydrogen-bond donors (Lipinski definition) is 0. The summed E-state index contributed by atoms with van der Waals surface area (Å²) in [6, 6.07) is 5.52. The summed E-state index contributed by atoms with van der Waals surface area (Å²) in [5.74, 6) is 0.982. The van der Waals surface area contributed by atoms with Gasteiger partial charge in [0, 0.05) is 13.2 Å². The van der Waals surface area contributed by atoms with Crippen molar-refractivity contribution in [1.82, 2.24) is 29.8 Å². The predicted octanol–water partition coefficient (Wildman–Crippen LogP) is 0.643. The molecule has 0 fully saturated rings. The highest BCUT2D eigenvalue weighted by atomic mass is 16.5. The van der Waals surface area contributed by atoms with Crippen molar-refractivity contribution in [2.75, 3.05) is 0 Å². The summed E-state index contributed by atoms with van der Waals surface area (Å²) in [6.45, 7) is 2.03. The van der Waals surface area contributed by atoms with Crippen LogP contribution >= 0.6 is 0 Å². The van der Waals surface area contributed by atoms with Crippen LogP contribution in [0.2, 0.25) is 0 Å². The Bertz CT molecular complexity index is 904. The highest BCUT2D eigenvalue weighted by molar-refractivity contribution is 5.33. The highest BCUT2D eigenvalue weighted by Crippen LogP contribution is 2.18. The van der Waals surface area contributed by atoms with E-state index in [1.54, 1.807) is 24.4 Å². The van der Waals surface area contributed by atoms with E-state index in [0.717, 1.165) is 14.9 Å². The van der Waals surface area contributed by atoms with Gasteiger partial charge in [0.1, 0.15) is 18.7 Å². The van der Waals surface area contributed by atoms with Crippen molar-refractivity contribution in [3.63, 3.8) is 0 Å². The normalized spacial score (nSPS) is 11.3. The summed E-state index contributed by atoms with van der Waals surface area (Å²) in [4.78, 5) is 20.0. The lowest BCUT2D eigenvalue weighted by Gasteiger charge is -2.10. The Morgan fingerprint density at radius 3 is 2.95 bits per heavy atom. The van der Waals surface area contributed by atoms with E-state index in [1.165, 1.54) is 13.4 Å². The van der Waals surface area contributed by atoms with Crippen LogP contribution in [0.15, 0.2) is 41.6 Å². The minimum Gasteiger partial charge on any atom is -0.488 e. The fourth-order valence-corrected chi connectivity index (χ4v) is 1.91. The fourth-order valence-electron chi connectivity index (χ4n) is 1.91. The van der Waals surface area contributed by atoms with Gasteiger partial charge in [-0.25, -0.2) is 14.8 Å². The smallest absolute Gasteiger partial charge is 0.369 e. The molecule has 22 heavy (non-hydrogen) atoms. The Morgan fingerprint density at radius 1 is 1.36 bits per heavy atom. The van der Waals surface area contributed by atoms with E-state index < -0.39 is 5.69 Å². The molecule has 0 bridgehead atoms. The minimum absolute atomic E-state index is 0.164. The van der Waals surface area contributed by atoms with Gasteiger partial charge < -0.3 is 4.74 Å². The average molecular weight is 300 g/mol. The van der Waals surface area contributed by atoms with E-state index in [-0.39, 0.29) is 6.61 Å². The molecule has 0 spiro atoms. The fraction of sp³-hybridized carbons (Fsp3) is 0.214. The van der Waals surface area contributed by atoms with Crippen LogP contribution in [0.25, 0.3) is 5.82 Å². The highest BCUT2D eigenvalue weighted by Gasteiger charge is 2.13. The maximum atomic E-state index is 12.0. The van der Waals surface area contributed by atoms with Crippen molar-refractivity contribution >= 4 is 0 Å². The summed E-state index contributed by atoms with van der Waals surface area (Å²) >= 11 is 0. The van der Waals surface area contributed by atoms with Gasteiger partial charge in [0.05, 0.1) is 6.93 Å². The largest absolute Gasteiger partial charge is 0.488 e. The number of hydrogen-bond acceptors (Lipinski definition) is 6. The molecule has 2 heterocycles. The molecule has 0 atom stereocenters. The zero-order chi connectivity index (χ0) is 16.4. The van der Waals surface area contributed by atoms with E-state index in [4.69, 9.17) is 6.11 Å². The second kappa shape index (κ2) is 5.76. The molecule has 0 aliphatic heterocycles. The minimum atomic E-state index is -0.403. The molecule has 1 aromatic carbocycles. The van der Waals surface area contributed by atoms with Crippen molar-refractivity contribution in [3.8, 4) is 11.6 Å². The molecule has 0 radical (unpaired) electrons. The maximum Gasteiger partial charge on any atom is 0.369 e. The van der Waals surface area contributed by atoms with E-state index in [2.05, 4.69) is 20.4 Å². The molecule has 0 aliphatic rings. The molecular formula is C14H14N6O2. The SMILES string of the molecule is [3H]c1ccc(OCc2cncnc2-n2nnn(C)c2=O)c(C)c1. The van der Waals surface area contributed by atoms with Gasteiger partial charge in [-0.15, -0.1) is 4.68 Å². The van der Waals surface area contributed by atoms with Crippen molar-refractivity contribution in [1.29, 1.82) is 0 Å². The molecule has 0 N–H and O–H groups in total. The van der Waals surface area contributed by atoms with E-state index in [1.807, 2.05) is 6.92 Å². The monoisotopic (exact) mass is 300 g/mol. The maximum absolute atomic E-state index is 12.0. The van der Waals surface area contributed by atoms with Crippen LogP contribution in [0.5, 0.6) is 5.75 Å². The van der Waals surface area contributed by atoms with Crippen LogP contribution in [0.1, 0.15) is 12.5 Å². The first kappa shape index (κ1) is 12.7. The molecule has 3 rings (SSSR count). The Balaban J connectivity index is 1.89. The third kappa shape index (κ3) is 2.58. The van der Waals surface area contributed by atoms with Crippen molar-refractivity contribution < 1.29 is 6.11 Å². The lowest BCUT2D eigenvalue weighted by Crippen LogP contribution is -2.24. The number of nitrogens with zero attached hydrogens (tertiary/aromatic N) is 6. The zero-order valence-electron chi connectivity index (χ0n) is 13.1. The molecule has 0 saturated carbocycles. The summed E-state index contributed by atoms with van der Waals surface area (Å²) in [6.07, 6.45) is 2.90. The third-order valence-electron chi connectivity index (χ3n) is 3.09. The van der Waals surface area contributed by atoms with Crippen molar-refractivity contribution in [3.05, 3.63) is 58.4 Å². The zero-order valence-corrected chi connectivity index (χ0v) is 12.1. The number of aryl methyl sites for hydroxylation is 2. The van der Waals surface area contributed by atoms with Gasteiger partial charge in [0.15, 0.2) is 5.82 Å². The summed E-state index contributed by atoms with van der Waals surface area (Å²) in [5, 5.41) is 7.45. The molecule has 0 unspecified atom stereocenters. The molecular weight excluding hydrogens is 284 g/mol. The van der Waals surface area contributed by atoms with Gasteiger partial charge in [-0.05, 0) is 29.0 Å². The first-order valence-electron chi connectivity index (χ1n) is 7.04. The van der Waals surface area contributed by atoms with Crippen molar-refractivity contribution in [2.45, 2.75) is 13.5 Å².